The summed E-state index contributed by atoms with van der Waals surface area (Å²) in [7, 11) is 0. The van der Waals surface area contributed by atoms with Crippen molar-refractivity contribution in [3.05, 3.63) is 41.2 Å². The number of hydrogen-bond donors (Lipinski definition) is 1. The molecule has 1 aromatic carbocycles. The first-order valence-electron chi connectivity index (χ1n) is 10.5. The van der Waals surface area contributed by atoms with Crippen molar-refractivity contribution in [2.45, 2.75) is 40.3 Å². The van der Waals surface area contributed by atoms with E-state index in [1.54, 1.807) is 0 Å². The van der Waals surface area contributed by atoms with E-state index in [0.29, 0.717) is 13.2 Å². The summed E-state index contributed by atoms with van der Waals surface area (Å²) in [6.45, 7) is 12.9. The summed E-state index contributed by atoms with van der Waals surface area (Å²) in [4.78, 5) is 14.2. The van der Waals surface area contributed by atoms with Crippen molar-refractivity contribution >= 4 is 46.6 Å². The third kappa shape index (κ3) is 7.05. The van der Waals surface area contributed by atoms with Crippen molar-refractivity contribution in [3.63, 3.8) is 0 Å². The zero-order valence-corrected chi connectivity index (χ0v) is 21.3. The van der Waals surface area contributed by atoms with Crippen molar-refractivity contribution in [3.8, 4) is 0 Å². The second-order valence-corrected chi connectivity index (χ2v) is 7.67. The number of benzene rings is 1. The van der Waals surface area contributed by atoms with Crippen LogP contribution < -0.4 is 10.2 Å². The zero-order valence-electron chi connectivity index (χ0n) is 18.1. The van der Waals surface area contributed by atoms with E-state index in [2.05, 4.69) is 62.6 Å². The van der Waals surface area contributed by atoms with Gasteiger partial charge in [0.2, 0.25) is 5.13 Å². The number of ether oxygens (including phenoxy) is 1. The molecule has 1 aliphatic rings. The van der Waals surface area contributed by atoms with Gasteiger partial charge in [0.05, 0.1) is 13.2 Å². The molecule has 9 heteroatoms. The number of nitrogens with zero attached hydrogens (tertiary/aromatic N) is 5. The molecule has 166 valence electrons. The van der Waals surface area contributed by atoms with Crippen molar-refractivity contribution in [2.24, 2.45) is 4.99 Å². The number of anilines is 1. The Balaban J connectivity index is 0.00000320. The number of guanidine groups is 1. The molecule has 1 aromatic heterocycles. The zero-order chi connectivity index (χ0) is 20.5. The summed E-state index contributed by atoms with van der Waals surface area (Å²) >= 11 is 1.51. The maximum absolute atomic E-state index is 5.46. The van der Waals surface area contributed by atoms with Gasteiger partial charge in [0.25, 0.3) is 0 Å². The Morgan fingerprint density at radius 1 is 1.10 bits per heavy atom. The Morgan fingerprint density at radius 3 is 2.40 bits per heavy atom. The molecule has 1 aliphatic heterocycles. The van der Waals surface area contributed by atoms with Gasteiger partial charge in [-0.2, -0.15) is 4.37 Å². The number of nitrogens with one attached hydrogen (secondary N) is 1. The average molecular weight is 545 g/mol. The first-order valence-corrected chi connectivity index (χ1v) is 11.3. The number of aromatic nitrogens is 2. The van der Waals surface area contributed by atoms with Gasteiger partial charge in [0.15, 0.2) is 5.96 Å². The number of aryl methyl sites for hydroxylation is 1. The largest absolute Gasteiger partial charge is 0.377 e. The van der Waals surface area contributed by atoms with E-state index in [1.807, 2.05) is 6.92 Å². The Kier molecular flexibility index (Phi) is 10.8. The van der Waals surface area contributed by atoms with Crippen LogP contribution in [0.25, 0.3) is 0 Å². The standard InChI is InChI=1S/C21H32N6OS.HI/c1-4-19-24-21(29-25-19)27-13-11-26(12-14-27)20(22-5-2)23-15-17-7-9-18(10-8-17)16-28-6-3;/h7-10H,4-6,11-16H2,1-3H3,(H,22,23);1H. The summed E-state index contributed by atoms with van der Waals surface area (Å²) in [5.41, 5.74) is 2.41. The van der Waals surface area contributed by atoms with Crippen LogP contribution in [0.4, 0.5) is 5.13 Å². The highest BCUT2D eigenvalue weighted by Crippen LogP contribution is 2.19. The SMILES string of the molecule is CCNC(=NCc1ccc(COCC)cc1)N1CCN(c2nc(CC)ns2)CC1.I. The molecule has 1 N–H and O–H groups in total. The predicted molar refractivity (Wildman–Crippen MR) is 135 cm³/mol. The number of halogens is 1. The number of piperazine rings is 1. The van der Waals surface area contributed by atoms with Gasteiger partial charge in [-0.3, -0.25) is 0 Å². The van der Waals surface area contributed by atoms with Crippen LogP contribution in [0.3, 0.4) is 0 Å². The minimum absolute atomic E-state index is 0. The summed E-state index contributed by atoms with van der Waals surface area (Å²) in [5.74, 6) is 1.92. The molecule has 2 aromatic rings. The fourth-order valence-electron chi connectivity index (χ4n) is 3.18. The maximum atomic E-state index is 5.46. The predicted octanol–water partition coefficient (Wildman–Crippen LogP) is 3.54. The molecule has 3 rings (SSSR count). The van der Waals surface area contributed by atoms with Crippen LogP contribution in [0, 0.1) is 0 Å². The van der Waals surface area contributed by atoms with Gasteiger partial charge in [-0.05, 0) is 25.0 Å². The first-order chi connectivity index (χ1) is 14.2. The van der Waals surface area contributed by atoms with Crippen molar-refractivity contribution in [1.29, 1.82) is 0 Å². The molecule has 0 radical (unpaired) electrons. The molecule has 7 nitrogen and oxygen atoms in total. The lowest BCUT2D eigenvalue weighted by atomic mass is 10.1. The highest BCUT2D eigenvalue weighted by atomic mass is 127. The Morgan fingerprint density at radius 2 is 1.80 bits per heavy atom. The minimum Gasteiger partial charge on any atom is -0.377 e. The van der Waals surface area contributed by atoms with Crippen LogP contribution in [0.5, 0.6) is 0 Å². The lowest BCUT2D eigenvalue weighted by molar-refractivity contribution is 0.134. The van der Waals surface area contributed by atoms with E-state index in [9.17, 15) is 0 Å². The molecule has 0 unspecified atom stereocenters. The van der Waals surface area contributed by atoms with E-state index >= 15 is 0 Å². The van der Waals surface area contributed by atoms with Crippen molar-refractivity contribution in [1.82, 2.24) is 19.6 Å². The molecular formula is C21H33IN6OS. The molecule has 0 aliphatic carbocycles. The van der Waals surface area contributed by atoms with Crippen LogP contribution in [0.1, 0.15) is 37.7 Å². The van der Waals surface area contributed by atoms with Gasteiger partial charge < -0.3 is 19.9 Å². The second kappa shape index (κ2) is 13.1. The molecule has 0 bridgehead atoms. The molecular weight excluding hydrogens is 511 g/mol. The van der Waals surface area contributed by atoms with Crippen molar-refractivity contribution in [2.75, 3.05) is 44.2 Å². The van der Waals surface area contributed by atoms with E-state index in [-0.39, 0.29) is 24.0 Å². The normalized spacial score (nSPS) is 14.6. The topological polar surface area (TPSA) is 65.9 Å². The quantitative estimate of drug-likeness (QED) is 0.312. The van der Waals surface area contributed by atoms with Crippen LogP contribution in [-0.4, -0.2) is 59.5 Å². The van der Waals surface area contributed by atoms with Gasteiger partial charge in [-0.1, -0.05) is 31.2 Å². The van der Waals surface area contributed by atoms with Gasteiger partial charge in [-0.25, -0.2) is 9.98 Å². The summed E-state index contributed by atoms with van der Waals surface area (Å²) in [5, 5.41) is 4.48. The number of aliphatic imine (C=N–C) groups is 1. The molecule has 2 heterocycles. The monoisotopic (exact) mass is 544 g/mol. The second-order valence-electron chi connectivity index (χ2n) is 6.94. The third-order valence-corrected chi connectivity index (χ3v) is 5.68. The summed E-state index contributed by atoms with van der Waals surface area (Å²) in [6, 6.07) is 8.53. The molecule has 0 spiro atoms. The van der Waals surface area contributed by atoms with E-state index in [1.165, 1.54) is 22.7 Å². The smallest absolute Gasteiger partial charge is 0.205 e. The third-order valence-electron chi connectivity index (χ3n) is 4.87. The lowest BCUT2D eigenvalue weighted by Crippen LogP contribution is -2.52. The minimum atomic E-state index is 0. The van der Waals surface area contributed by atoms with Crippen LogP contribution in [0.2, 0.25) is 0 Å². The van der Waals surface area contributed by atoms with Gasteiger partial charge >= 0.3 is 0 Å². The molecule has 30 heavy (non-hydrogen) atoms. The van der Waals surface area contributed by atoms with Crippen LogP contribution >= 0.6 is 35.5 Å². The van der Waals surface area contributed by atoms with E-state index in [4.69, 9.17) is 9.73 Å². The summed E-state index contributed by atoms with van der Waals surface area (Å²) in [6.07, 6.45) is 0.889. The Labute approximate surface area is 201 Å². The average Bonchev–Trinajstić information content (AvgIpc) is 3.25. The number of rotatable bonds is 8. The Hall–Kier alpha value is -1.46. The molecule has 1 fully saturated rings. The van der Waals surface area contributed by atoms with Gasteiger partial charge in [0.1, 0.15) is 5.82 Å². The van der Waals surface area contributed by atoms with Gasteiger partial charge in [-0.15, -0.1) is 24.0 Å². The molecule has 1 saturated heterocycles. The highest BCUT2D eigenvalue weighted by Gasteiger charge is 2.22. The molecule has 0 atom stereocenters. The number of hydrogen-bond acceptors (Lipinski definition) is 6. The van der Waals surface area contributed by atoms with Crippen LogP contribution in [-0.2, 0) is 24.3 Å². The molecule has 0 amide bonds. The fourth-order valence-corrected chi connectivity index (χ4v) is 3.98. The Bertz CT molecular complexity index is 774. The van der Waals surface area contributed by atoms with E-state index in [0.717, 1.165) is 62.7 Å². The summed E-state index contributed by atoms with van der Waals surface area (Å²) < 4.78 is 9.87. The van der Waals surface area contributed by atoms with Crippen LogP contribution in [0.15, 0.2) is 29.3 Å². The van der Waals surface area contributed by atoms with Gasteiger partial charge in [0, 0.05) is 57.3 Å². The van der Waals surface area contributed by atoms with Crippen molar-refractivity contribution < 1.29 is 4.74 Å². The van der Waals surface area contributed by atoms with E-state index < -0.39 is 0 Å². The first kappa shape index (κ1) is 24.8. The highest BCUT2D eigenvalue weighted by molar-refractivity contribution is 14.0. The lowest BCUT2D eigenvalue weighted by Gasteiger charge is -2.36. The fraction of sp³-hybridized carbons (Fsp3) is 0.571. The molecule has 0 saturated carbocycles. The maximum Gasteiger partial charge on any atom is 0.205 e.